The van der Waals surface area contributed by atoms with E-state index in [2.05, 4.69) is 15.0 Å². The molecule has 2 fully saturated rings. The number of hydrogen-bond acceptors (Lipinski definition) is 4. The molecule has 0 radical (unpaired) electrons. The molecule has 1 saturated carbocycles. The molecule has 0 unspecified atom stereocenters. The van der Waals surface area contributed by atoms with Gasteiger partial charge < -0.3 is 14.6 Å². The van der Waals surface area contributed by atoms with Gasteiger partial charge in [0.2, 0.25) is 5.91 Å². The Balaban J connectivity index is 1.39. The number of nitrogens with zero attached hydrogens (tertiary/aromatic N) is 3. The summed E-state index contributed by atoms with van der Waals surface area (Å²) in [5, 5.41) is 0.134. The molecule has 2 aliphatic rings. The quantitative estimate of drug-likeness (QED) is 0.448. The summed E-state index contributed by atoms with van der Waals surface area (Å²) in [6, 6.07) is 1.56. The van der Waals surface area contributed by atoms with Gasteiger partial charge >= 0.3 is 6.18 Å². The van der Waals surface area contributed by atoms with Gasteiger partial charge in [0, 0.05) is 36.7 Å². The number of rotatable bonds is 5. The third-order valence-electron chi connectivity index (χ3n) is 7.31. The number of carbonyl (C=O) groups excluding carboxylic acids is 1. The zero-order valence-electron chi connectivity index (χ0n) is 20.1. The van der Waals surface area contributed by atoms with Gasteiger partial charge in [-0.15, -0.1) is 0 Å². The van der Waals surface area contributed by atoms with Crippen molar-refractivity contribution in [2.75, 3.05) is 26.3 Å². The van der Waals surface area contributed by atoms with Crippen LogP contribution in [-0.4, -0.2) is 52.1 Å². The van der Waals surface area contributed by atoms with Crippen LogP contribution >= 0.6 is 0 Å². The summed E-state index contributed by atoms with van der Waals surface area (Å²) in [5.41, 5.74) is -1.54. The Morgan fingerprint density at radius 3 is 2.65 bits per heavy atom. The molecular weight excluding hydrogens is 495 g/mol. The predicted molar refractivity (Wildman–Crippen MR) is 125 cm³/mol. The van der Waals surface area contributed by atoms with Crippen molar-refractivity contribution in [3.63, 3.8) is 0 Å². The normalized spacial score (nSPS) is 20.9. The fourth-order valence-corrected chi connectivity index (χ4v) is 5.50. The smallest absolute Gasteiger partial charge is 0.378 e. The standard InChI is InChI=1S/C26H27F5N4O2/c27-17-11-18-19(14-33-25(18)32-13-17)24-20(26(29,30)31)12-21(28)22(34-24)9-15-2-1-3-16(8-15)10-23(36)35-4-6-37-7-5-35/h11-16H,1-10H2,(H,32,33)/t15-,16+/m1/s1. The average Bonchev–Trinajstić information content (AvgIpc) is 3.28. The number of H-pyrrole nitrogens is 1. The van der Waals surface area contributed by atoms with Crippen LogP contribution in [0.25, 0.3) is 22.3 Å². The van der Waals surface area contributed by atoms with E-state index >= 15 is 0 Å². The van der Waals surface area contributed by atoms with Gasteiger partial charge in [0.05, 0.1) is 36.4 Å². The fourth-order valence-electron chi connectivity index (χ4n) is 5.50. The first-order valence-electron chi connectivity index (χ1n) is 12.4. The first kappa shape index (κ1) is 25.6. The summed E-state index contributed by atoms with van der Waals surface area (Å²) < 4.78 is 75.7. The van der Waals surface area contributed by atoms with Gasteiger partial charge in [-0.25, -0.2) is 18.7 Å². The van der Waals surface area contributed by atoms with Gasteiger partial charge in [0.25, 0.3) is 0 Å². The number of pyridine rings is 2. The lowest BCUT2D eigenvalue weighted by Gasteiger charge is -2.32. The Morgan fingerprint density at radius 1 is 1.14 bits per heavy atom. The summed E-state index contributed by atoms with van der Waals surface area (Å²) in [5.74, 6) is -1.52. The Hall–Kier alpha value is -3.08. The number of aromatic amines is 1. The number of carbonyl (C=O) groups is 1. The molecule has 3 aromatic rings. The predicted octanol–water partition coefficient (Wildman–Crippen LogP) is 5.52. The van der Waals surface area contributed by atoms with Crippen molar-refractivity contribution in [3.8, 4) is 11.3 Å². The number of fused-ring (bicyclic) bond motifs is 1. The molecule has 5 rings (SSSR count). The topological polar surface area (TPSA) is 71.1 Å². The van der Waals surface area contributed by atoms with Crippen molar-refractivity contribution in [3.05, 3.63) is 47.4 Å². The maximum absolute atomic E-state index is 15.0. The first-order chi connectivity index (χ1) is 17.7. The Labute approximate surface area is 210 Å². The Bertz CT molecular complexity index is 1290. The molecular formula is C26H27F5N4O2. The maximum Gasteiger partial charge on any atom is 0.418 e. The maximum atomic E-state index is 15.0. The van der Waals surface area contributed by atoms with Gasteiger partial charge in [-0.3, -0.25) is 4.79 Å². The highest BCUT2D eigenvalue weighted by molar-refractivity contribution is 5.93. The van der Waals surface area contributed by atoms with Crippen molar-refractivity contribution < 1.29 is 31.5 Å². The molecule has 1 N–H and O–H groups in total. The molecule has 1 saturated heterocycles. The summed E-state index contributed by atoms with van der Waals surface area (Å²) in [7, 11) is 0. The molecule has 6 nitrogen and oxygen atoms in total. The van der Waals surface area contributed by atoms with E-state index in [1.54, 1.807) is 4.90 Å². The second-order valence-corrected chi connectivity index (χ2v) is 9.86. The Morgan fingerprint density at radius 2 is 1.89 bits per heavy atom. The molecule has 1 amide bonds. The molecule has 11 heteroatoms. The second kappa shape index (κ2) is 10.4. The van der Waals surface area contributed by atoms with Gasteiger partial charge in [-0.05, 0) is 43.2 Å². The van der Waals surface area contributed by atoms with Gasteiger partial charge in [0.15, 0.2) is 0 Å². The molecule has 2 atom stereocenters. The number of amides is 1. The highest BCUT2D eigenvalue weighted by Crippen LogP contribution is 2.40. The lowest BCUT2D eigenvalue weighted by atomic mass is 9.77. The van der Waals surface area contributed by atoms with E-state index in [-0.39, 0.29) is 46.5 Å². The summed E-state index contributed by atoms with van der Waals surface area (Å²) >= 11 is 0. The number of ether oxygens (including phenoxy) is 1. The van der Waals surface area contributed by atoms with Gasteiger partial charge in [-0.1, -0.05) is 12.8 Å². The minimum Gasteiger partial charge on any atom is -0.378 e. The molecule has 4 heterocycles. The minimum absolute atomic E-state index is 0.00760. The third-order valence-corrected chi connectivity index (χ3v) is 7.31. The minimum atomic E-state index is -4.86. The van der Waals surface area contributed by atoms with Crippen LogP contribution in [0.15, 0.2) is 24.5 Å². The van der Waals surface area contributed by atoms with E-state index in [0.717, 1.165) is 31.5 Å². The zero-order chi connectivity index (χ0) is 26.2. The first-order valence-corrected chi connectivity index (χ1v) is 12.4. The van der Waals surface area contributed by atoms with Crippen LogP contribution in [0, 0.1) is 23.5 Å². The van der Waals surface area contributed by atoms with Crippen LogP contribution in [0.1, 0.15) is 43.4 Å². The van der Waals surface area contributed by atoms with Crippen LogP contribution in [0.3, 0.4) is 0 Å². The summed E-state index contributed by atoms with van der Waals surface area (Å²) in [6.07, 6.45) is 1.14. The van der Waals surface area contributed by atoms with Crippen molar-refractivity contribution in [2.45, 2.75) is 44.7 Å². The molecule has 1 aliphatic heterocycles. The molecule has 1 aliphatic carbocycles. The molecule has 3 aromatic heterocycles. The summed E-state index contributed by atoms with van der Waals surface area (Å²) in [6.45, 7) is 2.20. The largest absolute Gasteiger partial charge is 0.418 e. The molecule has 0 spiro atoms. The zero-order valence-corrected chi connectivity index (χ0v) is 20.1. The second-order valence-electron chi connectivity index (χ2n) is 9.86. The van der Waals surface area contributed by atoms with Crippen LogP contribution in [-0.2, 0) is 22.1 Å². The SMILES string of the molecule is O=C(C[C@H]1CCC[C@@H](Cc2nc(-c3c[nH]c4ncc(F)cc34)c(C(F)(F)F)cc2F)C1)N1CCOCC1. The lowest BCUT2D eigenvalue weighted by molar-refractivity contribution is -0.137. The average molecular weight is 523 g/mol. The van der Waals surface area contributed by atoms with E-state index in [9.17, 15) is 26.7 Å². The lowest BCUT2D eigenvalue weighted by Crippen LogP contribution is -2.41. The number of halogens is 5. The van der Waals surface area contributed by atoms with Crippen molar-refractivity contribution in [1.82, 2.24) is 19.9 Å². The number of hydrogen-bond donors (Lipinski definition) is 1. The Kier molecular flexibility index (Phi) is 7.15. The van der Waals surface area contributed by atoms with Crippen molar-refractivity contribution in [2.24, 2.45) is 11.8 Å². The van der Waals surface area contributed by atoms with Gasteiger partial charge in [-0.2, -0.15) is 13.2 Å². The van der Waals surface area contributed by atoms with Crippen LogP contribution in [0.4, 0.5) is 22.0 Å². The number of nitrogens with one attached hydrogen (secondary N) is 1. The fraction of sp³-hybridized carbons (Fsp3) is 0.500. The van der Waals surface area contributed by atoms with Crippen LogP contribution in [0.2, 0.25) is 0 Å². The van der Waals surface area contributed by atoms with Crippen molar-refractivity contribution in [1.29, 1.82) is 0 Å². The van der Waals surface area contributed by atoms with E-state index in [4.69, 9.17) is 4.74 Å². The number of aromatic nitrogens is 3. The number of morpholine rings is 1. The van der Waals surface area contributed by atoms with E-state index < -0.39 is 29.1 Å². The number of alkyl halides is 3. The molecule has 0 aromatic carbocycles. The third kappa shape index (κ3) is 5.61. The van der Waals surface area contributed by atoms with Crippen LogP contribution in [0.5, 0.6) is 0 Å². The highest BCUT2D eigenvalue weighted by atomic mass is 19.4. The molecule has 37 heavy (non-hydrogen) atoms. The van der Waals surface area contributed by atoms with Gasteiger partial charge in [0.1, 0.15) is 17.3 Å². The van der Waals surface area contributed by atoms with E-state index in [1.807, 2.05) is 0 Å². The molecule has 0 bridgehead atoms. The van der Waals surface area contributed by atoms with E-state index in [0.29, 0.717) is 45.2 Å². The summed E-state index contributed by atoms with van der Waals surface area (Å²) in [4.78, 5) is 25.2. The van der Waals surface area contributed by atoms with Crippen LogP contribution < -0.4 is 0 Å². The highest BCUT2D eigenvalue weighted by Gasteiger charge is 2.37. The molecule has 198 valence electrons. The monoisotopic (exact) mass is 522 g/mol. The van der Waals surface area contributed by atoms with E-state index in [1.165, 1.54) is 6.20 Å². The van der Waals surface area contributed by atoms with Crippen molar-refractivity contribution >= 4 is 16.9 Å².